The average Bonchev–Trinajstić information content (AvgIpc) is 2.66. The number of nitrogens with one attached hydrogen (secondary N) is 2. The molecule has 0 spiro atoms. The molecule has 0 radical (unpaired) electrons. The number of likely N-dealkylation sites (N-methyl/N-ethyl adjacent to an activating group) is 1. The first-order chi connectivity index (χ1) is 8.56. The predicted octanol–water partition coefficient (Wildman–Crippen LogP) is 2.10. The van der Waals surface area contributed by atoms with Crippen LogP contribution in [0.1, 0.15) is 25.5 Å². The second-order valence-corrected chi connectivity index (χ2v) is 4.58. The molecule has 5 nitrogen and oxygen atoms in total. The molecule has 18 heavy (non-hydrogen) atoms. The van der Waals surface area contributed by atoms with E-state index in [1.165, 1.54) is 0 Å². The van der Waals surface area contributed by atoms with Gasteiger partial charge in [0.25, 0.3) is 0 Å². The van der Waals surface area contributed by atoms with Gasteiger partial charge in [-0.2, -0.15) is 0 Å². The third-order valence-electron chi connectivity index (χ3n) is 2.94. The van der Waals surface area contributed by atoms with Crippen molar-refractivity contribution in [1.29, 1.82) is 0 Å². The minimum Gasteiger partial charge on any atom is -0.355 e. The Morgan fingerprint density at radius 3 is 3.06 bits per heavy atom. The zero-order chi connectivity index (χ0) is 13.3. The molecular weight excluding hydrogens is 248 g/mol. The summed E-state index contributed by atoms with van der Waals surface area (Å²) in [6.07, 6.45) is 1.72. The molecule has 2 rings (SSSR count). The van der Waals surface area contributed by atoms with Crippen LogP contribution in [0, 0.1) is 11.7 Å². The van der Waals surface area contributed by atoms with Crippen molar-refractivity contribution < 1.29 is 4.79 Å². The van der Waals surface area contributed by atoms with Crippen molar-refractivity contribution in [1.82, 2.24) is 19.9 Å². The Morgan fingerprint density at radius 2 is 2.39 bits per heavy atom. The first-order valence-corrected chi connectivity index (χ1v) is 6.30. The molecule has 0 saturated heterocycles. The third kappa shape index (κ3) is 2.03. The largest absolute Gasteiger partial charge is 0.355 e. The number of aryl methyl sites for hydroxylation is 1. The van der Waals surface area contributed by atoms with Crippen molar-refractivity contribution in [2.24, 2.45) is 0 Å². The van der Waals surface area contributed by atoms with Crippen molar-refractivity contribution in [2.75, 3.05) is 6.54 Å². The van der Waals surface area contributed by atoms with Crippen molar-refractivity contribution in [3.8, 4) is 0 Å². The van der Waals surface area contributed by atoms with E-state index in [0.717, 1.165) is 16.7 Å². The smallest absolute Gasteiger partial charge is 0.242 e. The lowest BCUT2D eigenvalue weighted by atomic mass is 10.2. The monoisotopic (exact) mass is 264 g/mol. The van der Waals surface area contributed by atoms with Crippen molar-refractivity contribution in [3.05, 3.63) is 22.6 Å². The van der Waals surface area contributed by atoms with E-state index >= 15 is 0 Å². The molecule has 0 aliphatic rings. The van der Waals surface area contributed by atoms with Gasteiger partial charge in [-0.1, -0.05) is 0 Å². The fourth-order valence-corrected chi connectivity index (χ4v) is 2.29. The maximum absolute atomic E-state index is 11.9. The number of carbonyl (C=O) groups is 1. The second-order valence-electron chi connectivity index (χ2n) is 4.20. The Bertz CT molecular complexity index is 643. The zero-order valence-electron chi connectivity index (χ0n) is 10.7. The summed E-state index contributed by atoms with van der Waals surface area (Å²) in [6, 6.07) is 1.54. The number of pyridine rings is 1. The summed E-state index contributed by atoms with van der Waals surface area (Å²) in [5.41, 5.74) is 2.67. The van der Waals surface area contributed by atoms with E-state index in [0.29, 0.717) is 11.3 Å². The molecule has 0 aromatic carbocycles. The molecule has 2 aromatic heterocycles. The van der Waals surface area contributed by atoms with Crippen LogP contribution in [0.25, 0.3) is 11.2 Å². The number of H-pyrrole nitrogens is 1. The summed E-state index contributed by atoms with van der Waals surface area (Å²) >= 11 is 5.28. The van der Waals surface area contributed by atoms with Crippen LogP contribution in [0.15, 0.2) is 12.3 Å². The molecule has 0 aliphatic carbocycles. The maximum Gasteiger partial charge on any atom is 0.242 e. The summed E-state index contributed by atoms with van der Waals surface area (Å²) in [5, 5.41) is 2.79. The van der Waals surface area contributed by atoms with E-state index in [1.54, 1.807) is 10.8 Å². The van der Waals surface area contributed by atoms with Crippen LogP contribution >= 0.6 is 12.2 Å². The molecule has 2 heterocycles. The number of rotatable bonds is 3. The fourth-order valence-electron chi connectivity index (χ4n) is 1.94. The molecule has 1 amide bonds. The van der Waals surface area contributed by atoms with Gasteiger partial charge in [-0.15, -0.1) is 0 Å². The van der Waals surface area contributed by atoms with Gasteiger partial charge in [0.2, 0.25) is 5.91 Å². The number of hydrogen-bond acceptors (Lipinski definition) is 3. The molecule has 96 valence electrons. The summed E-state index contributed by atoms with van der Waals surface area (Å²) in [4.78, 5) is 19.3. The number of carbonyl (C=O) groups excluding carboxylic acids is 1. The van der Waals surface area contributed by atoms with Gasteiger partial charge < -0.3 is 10.3 Å². The Morgan fingerprint density at radius 1 is 1.67 bits per heavy atom. The van der Waals surface area contributed by atoms with Gasteiger partial charge in [0.05, 0.1) is 5.52 Å². The van der Waals surface area contributed by atoms with Gasteiger partial charge in [-0.25, -0.2) is 4.98 Å². The van der Waals surface area contributed by atoms with Crippen LogP contribution in [0.3, 0.4) is 0 Å². The van der Waals surface area contributed by atoms with Crippen molar-refractivity contribution >= 4 is 29.3 Å². The number of aromatic nitrogens is 3. The Balaban J connectivity index is 2.57. The second kappa shape index (κ2) is 4.89. The summed E-state index contributed by atoms with van der Waals surface area (Å²) in [7, 11) is 0. The van der Waals surface area contributed by atoms with Crippen molar-refractivity contribution in [2.45, 2.75) is 26.8 Å². The lowest BCUT2D eigenvalue weighted by Gasteiger charge is -2.13. The number of fused-ring (bicyclic) bond motifs is 1. The Hall–Kier alpha value is -1.69. The van der Waals surface area contributed by atoms with Crippen LogP contribution in [-0.2, 0) is 4.79 Å². The molecule has 2 N–H and O–H groups in total. The normalized spacial score (nSPS) is 12.6. The van der Waals surface area contributed by atoms with Crippen LogP contribution < -0.4 is 5.32 Å². The van der Waals surface area contributed by atoms with E-state index in [4.69, 9.17) is 12.2 Å². The van der Waals surface area contributed by atoms with Crippen LogP contribution in [0.5, 0.6) is 0 Å². The summed E-state index contributed by atoms with van der Waals surface area (Å²) < 4.78 is 2.27. The highest BCUT2D eigenvalue weighted by Crippen LogP contribution is 2.19. The fraction of sp³-hybridized carbons (Fsp3) is 0.417. The van der Waals surface area contributed by atoms with E-state index in [2.05, 4.69) is 15.3 Å². The third-order valence-corrected chi connectivity index (χ3v) is 3.23. The van der Waals surface area contributed by atoms with Gasteiger partial charge >= 0.3 is 0 Å². The van der Waals surface area contributed by atoms with E-state index < -0.39 is 0 Å². The van der Waals surface area contributed by atoms with Gasteiger partial charge in [0, 0.05) is 12.7 Å². The predicted molar refractivity (Wildman–Crippen MR) is 73.0 cm³/mol. The summed E-state index contributed by atoms with van der Waals surface area (Å²) in [6.45, 7) is 6.29. The molecule has 6 heteroatoms. The van der Waals surface area contributed by atoms with Gasteiger partial charge in [0.15, 0.2) is 10.4 Å². The highest BCUT2D eigenvalue weighted by Gasteiger charge is 2.18. The molecule has 1 atom stereocenters. The molecule has 0 bridgehead atoms. The van der Waals surface area contributed by atoms with Gasteiger partial charge in [-0.3, -0.25) is 9.36 Å². The number of nitrogens with zero attached hydrogens (tertiary/aromatic N) is 2. The minimum atomic E-state index is -0.375. The lowest BCUT2D eigenvalue weighted by Crippen LogP contribution is -2.30. The summed E-state index contributed by atoms with van der Waals surface area (Å²) in [5.74, 6) is -0.0576. The quantitative estimate of drug-likeness (QED) is 0.834. The Labute approximate surface area is 110 Å². The zero-order valence-corrected chi connectivity index (χ0v) is 11.5. The first-order valence-electron chi connectivity index (χ1n) is 5.89. The highest BCUT2D eigenvalue weighted by molar-refractivity contribution is 7.71. The Kier molecular flexibility index (Phi) is 3.47. The molecule has 0 aliphatic heterocycles. The highest BCUT2D eigenvalue weighted by atomic mass is 32.1. The minimum absolute atomic E-state index is 0.0576. The number of imidazole rings is 1. The van der Waals surface area contributed by atoms with E-state index in [-0.39, 0.29) is 11.9 Å². The molecule has 0 fully saturated rings. The topological polar surface area (TPSA) is 62.7 Å². The number of aromatic amines is 1. The van der Waals surface area contributed by atoms with Crippen molar-refractivity contribution in [3.63, 3.8) is 0 Å². The lowest BCUT2D eigenvalue weighted by molar-refractivity contribution is -0.123. The SMILES string of the molecule is CCNC(=O)C(C)n1c(=S)[nH]c2c(C)ccnc21. The van der Waals surface area contributed by atoms with E-state index in [9.17, 15) is 4.79 Å². The molecule has 0 saturated carbocycles. The van der Waals surface area contributed by atoms with Crippen LogP contribution in [0.2, 0.25) is 0 Å². The van der Waals surface area contributed by atoms with Crippen LogP contribution in [-0.4, -0.2) is 27.0 Å². The molecular formula is C12H16N4OS. The number of hydrogen-bond donors (Lipinski definition) is 2. The van der Waals surface area contributed by atoms with Crippen LogP contribution in [0.4, 0.5) is 0 Å². The number of amides is 1. The standard InChI is InChI=1S/C12H16N4OS/c1-4-13-11(17)8(3)16-10-9(15-12(16)18)7(2)5-6-14-10/h5-6,8H,4H2,1-3H3,(H,13,17)(H,15,18). The van der Waals surface area contributed by atoms with E-state index in [1.807, 2.05) is 26.8 Å². The average molecular weight is 264 g/mol. The molecule has 1 unspecified atom stereocenters. The maximum atomic E-state index is 11.9. The van der Waals surface area contributed by atoms with Gasteiger partial charge in [0.1, 0.15) is 6.04 Å². The molecule has 2 aromatic rings. The first kappa shape index (κ1) is 12.8. The van der Waals surface area contributed by atoms with Gasteiger partial charge in [-0.05, 0) is 44.6 Å².